The van der Waals surface area contributed by atoms with Crippen LogP contribution in [0.4, 0.5) is 4.39 Å². The molecule has 0 aromatic heterocycles. The molecular weight excluding hydrogens is 161 g/mol. The second-order valence-electron chi connectivity index (χ2n) is 2.08. The maximum absolute atomic E-state index is 12.8. The second kappa shape index (κ2) is 3.40. The molecule has 0 aliphatic carbocycles. The fraction of sp³-hybridized carbons (Fsp3) is 0.125. The first-order valence-corrected chi connectivity index (χ1v) is 3.70. The molecule has 0 saturated carbocycles. The summed E-state index contributed by atoms with van der Waals surface area (Å²) in [6, 6.07) is 6.22. The van der Waals surface area contributed by atoms with Crippen LogP contribution in [-0.2, 0) is 5.75 Å². The molecule has 0 fully saturated rings. The van der Waals surface area contributed by atoms with E-state index in [1.165, 1.54) is 12.1 Å². The highest BCUT2D eigenvalue weighted by molar-refractivity contribution is 7.79. The van der Waals surface area contributed by atoms with Gasteiger partial charge in [0.1, 0.15) is 11.9 Å². The molecule has 0 spiro atoms. The van der Waals surface area contributed by atoms with Gasteiger partial charge in [-0.2, -0.15) is 17.9 Å². The van der Waals surface area contributed by atoms with Crippen molar-refractivity contribution < 1.29 is 4.39 Å². The molecular formula is C8H6FNS. The number of hydrogen-bond donors (Lipinski definition) is 1. The third kappa shape index (κ3) is 1.72. The molecule has 1 aromatic carbocycles. The van der Waals surface area contributed by atoms with Crippen molar-refractivity contribution >= 4 is 12.6 Å². The van der Waals surface area contributed by atoms with E-state index in [2.05, 4.69) is 12.6 Å². The molecule has 3 heteroatoms. The van der Waals surface area contributed by atoms with Crippen molar-refractivity contribution in [3.8, 4) is 6.07 Å². The molecule has 0 bridgehead atoms. The Labute approximate surface area is 69.9 Å². The quantitative estimate of drug-likeness (QED) is 0.636. The summed E-state index contributed by atoms with van der Waals surface area (Å²) in [6.07, 6.45) is 0. The van der Waals surface area contributed by atoms with Crippen molar-refractivity contribution in [1.82, 2.24) is 0 Å². The van der Waals surface area contributed by atoms with Gasteiger partial charge >= 0.3 is 0 Å². The van der Waals surface area contributed by atoms with Gasteiger partial charge in [0.05, 0.1) is 5.56 Å². The van der Waals surface area contributed by atoms with Gasteiger partial charge in [0.15, 0.2) is 0 Å². The third-order valence-electron chi connectivity index (χ3n) is 1.34. The molecule has 1 nitrogen and oxygen atoms in total. The summed E-state index contributed by atoms with van der Waals surface area (Å²) in [4.78, 5) is 0. The minimum atomic E-state index is -0.473. The van der Waals surface area contributed by atoms with E-state index in [0.717, 1.165) is 5.56 Å². The number of thiol groups is 1. The maximum atomic E-state index is 12.8. The first-order valence-electron chi connectivity index (χ1n) is 3.07. The predicted octanol–water partition coefficient (Wildman–Crippen LogP) is 2.13. The first kappa shape index (κ1) is 8.09. The van der Waals surface area contributed by atoms with Crippen LogP contribution in [0.2, 0.25) is 0 Å². The lowest BCUT2D eigenvalue weighted by Gasteiger charge is -1.96. The van der Waals surface area contributed by atoms with E-state index in [0.29, 0.717) is 5.75 Å². The Kier molecular flexibility index (Phi) is 2.50. The zero-order valence-corrected chi connectivity index (χ0v) is 6.61. The molecule has 1 aromatic rings. The van der Waals surface area contributed by atoms with Crippen LogP contribution in [0.3, 0.4) is 0 Å². The molecule has 0 atom stereocenters. The van der Waals surface area contributed by atoms with E-state index in [9.17, 15) is 4.39 Å². The van der Waals surface area contributed by atoms with Crippen LogP contribution in [0.1, 0.15) is 11.1 Å². The van der Waals surface area contributed by atoms with Crippen LogP contribution >= 0.6 is 12.6 Å². The molecule has 0 N–H and O–H groups in total. The molecule has 56 valence electrons. The van der Waals surface area contributed by atoms with Gasteiger partial charge in [-0.1, -0.05) is 6.07 Å². The lowest BCUT2D eigenvalue weighted by molar-refractivity contribution is 0.622. The van der Waals surface area contributed by atoms with Crippen molar-refractivity contribution in [1.29, 1.82) is 5.26 Å². The zero-order valence-electron chi connectivity index (χ0n) is 5.71. The molecule has 1 rings (SSSR count). The highest BCUT2D eigenvalue weighted by atomic mass is 32.1. The van der Waals surface area contributed by atoms with Crippen molar-refractivity contribution in [2.75, 3.05) is 0 Å². The lowest BCUT2D eigenvalue weighted by Crippen LogP contribution is -1.85. The number of rotatable bonds is 1. The number of halogens is 1. The molecule has 11 heavy (non-hydrogen) atoms. The lowest BCUT2D eigenvalue weighted by atomic mass is 10.1. The van der Waals surface area contributed by atoms with E-state index < -0.39 is 5.82 Å². The Balaban J connectivity index is 3.12. The van der Waals surface area contributed by atoms with Crippen LogP contribution in [0.25, 0.3) is 0 Å². The maximum Gasteiger partial charge on any atom is 0.141 e. The van der Waals surface area contributed by atoms with Gasteiger partial charge in [-0.3, -0.25) is 0 Å². The minimum absolute atomic E-state index is 0.0792. The standard InChI is InChI=1S/C8H6FNS/c9-8-3-6(5-11)1-2-7(8)4-10/h1-3,11H,5H2. The van der Waals surface area contributed by atoms with E-state index >= 15 is 0 Å². The van der Waals surface area contributed by atoms with Crippen LogP contribution in [0.15, 0.2) is 18.2 Å². The molecule has 0 radical (unpaired) electrons. The summed E-state index contributed by atoms with van der Waals surface area (Å²) in [7, 11) is 0. The van der Waals surface area contributed by atoms with Crippen LogP contribution in [0, 0.1) is 17.1 Å². The van der Waals surface area contributed by atoms with Crippen molar-refractivity contribution in [2.24, 2.45) is 0 Å². The zero-order chi connectivity index (χ0) is 8.27. The summed E-state index contributed by atoms with van der Waals surface area (Å²) in [5.74, 6) is 0.0156. The van der Waals surface area contributed by atoms with E-state index in [-0.39, 0.29) is 5.56 Å². The fourth-order valence-corrected chi connectivity index (χ4v) is 0.944. The summed E-state index contributed by atoms with van der Waals surface area (Å²) in [5, 5.41) is 8.37. The van der Waals surface area contributed by atoms with Gasteiger partial charge in [0.2, 0.25) is 0 Å². The van der Waals surface area contributed by atoms with E-state index in [4.69, 9.17) is 5.26 Å². The molecule has 0 amide bonds. The minimum Gasteiger partial charge on any atom is -0.206 e. The van der Waals surface area contributed by atoms with E-state index in [1.54, 1.807) is 12.1 Å². The summed E-state index contributed by atoms with van der Waals surface area (Å²) in [6.45, 7) is 0. The number of hydrogen-bond acceptors (Lipinski definition) is 2. The van der Waals surface area contributed by atoms with Crippen molar-refractivity contribution in [3.63, 3.8) is 0 Å². The Bertz CT molecular complexity index is 303. The first-order chi connectivity index (χ1) is 5.27. The van der Waals surface area contributed by atoms with Gasteiger partial charge in [-0.25, -0.2) is 4.39 Å². The van der Waals surface area contributed by atoms with Crippen LogP contribution in [0.5, 0.6) is 0 Å². The third-order valence-corrected chi connectivity index (χ3v) is 1.70. The molecule has 0 heterocycles. The van der Waals surface area contributed by atoms with Gasteiger partial charge in [-0.15, -0.1) is 0 Å². The second-order valence-corrected chi connectivity index (χ2v) is 2.40. The average molecular weight is 167 g/mol. The molecule has 0 unspecified atom stereocenters. The van der Waals surface area contributed by atoms with Crippen molar-refractivity contribution in [3.05, 3.63) is 35.1 Å². The number of nitriles is 1. The number of nitrogens with zero attached hydrogens (tertiary/aromatic N) is 1. The van der Waals surface area contributed by atoms with Crippen molar-refractivity contribution in [2.45, 2.75) is 5.75 Å². The van der Waals surface area contributed by atoms with Gasteiger partial charge in [0, 0.05) is 5.75 Å². The summed E-state index contributed by atoms with van der Waals surface area (Å²) in [5.41, 5.74) is 0.861. The monoisotopic (exact) mass is 167 g/mol. The van der Waals surface area contributed by atoms with Gasteiger partial charge in [-0.05, 0) is 17.7 Å². The Morgan fingerprint density at radius 2 is 2.27 bits per heavy atom. The average Bonchev–Trinajstić information content (AvgIpc) is 2.04. The van der Waals surface area contributed by atoms with Crippen LogP contribution in [-0.4, -0.2) is 0 Å². The SMILES string of the molecule is N#Cc1ccc(CS)cc1F. The highest BCUT2D eigenvalue weighted by Gasteiger charge is 2.00. The largest absolute Gasteiger partial charge is 0.206 e. The highest BCUT2D eigenvalue weighted by Crippen LogP contribution is 2.10. The van der Waals surface area contributed by atoms with Gasteiger partial charge in [0.25, 0.3) is 0 Å². The Morgan fingerprint density at radius 3 is 2.73 bits per heavy atom. The fourth-order valence-electron chi connectivity index (χ4n) is 0.748. The molecule has 0 aliphatic heterocycles. The Hall–Kier alpha value is -1.01. The predicted molar refractivity (Wildman–Crippen MR) is 43.8 cm³/mol. The Morgan fingerprint density at radius 1 is 1.55 bits per heavy atom. The van der Waals surface area contributed by atoms with Crippen LogP contribution < -0.4 is 0 Å². The number of benzene rings is 1. The molecule has 0 aliphatic rings. The van der Waals surface area contributed by atoms with E-state index in [1.807, 2.05) is 0 Å². The summed E-state index contributed by atoms with van der Waals surface area (Å²) < 4.78 is 12.8. The summed E-state index contributed by atoms with van der Waals surface area (Å²) >= 11 is 3.97. The molecule has 0 saturated heterocycles. The topological polar surface area (TPSA) is 23.8 Å². The smallest absolute Gasteiger partial charge is 0.141 e. The normalized spacial score (nSPS) is 9.18. The van der Waals surface area contributed by atoms with Gasteiger partial charge < -0.3 is 0 Å².